The van der Waals surface area contributed by atoms with Gasteiger partial charge in [0.1, 0.15) is 0 Å². The molecule has 5 rings (SSSR count). The number of imide groups is 2. The lowest BCUT2D eigenvalue weighted by molar-refractivity contribution is -0.0584. The molecule has 0 aromatic heterocycles. The van der Waals surface area contributed by atoms with E-state index >= 15 is 0 Å². The quantitative estimate of drug-likeness (QED) is 0.711. The summed E-state index contributed by atoms with van der Waals surface area (Å²) >= 11 is 0. The average Bonchev–Trinajstić information content (AvgIpc) is 3.19. The van der Waals surface area contributed by atoms with Crippen LogP contribution in [0.1, 0.15) is 83.9 Å². The number of fused-ring (bicyclic) bond motifs is 2. The number of hydrogen-bond donors (Lipinski definition) is 0. The number of hydrogen-bond acceptors (Lipinski definition) is 6. The molecule has 4 amide bonds. The van der Waals surface area contributed by atoms with E-state index in [4.69, 9.17) is 4.84 Å². The summed E-state index contributed by atoms with van der Waals surface area (Å²) in [5, 5.41) is 0.418. The van der Waals surface area contributed by atoms with Crippen molar-refractivity contribution in [3.63, 3.8) is 0 Å². The van der Waals surface area contributed by atoms with Crippen LogP contribution in [0, 0.1) is 0 Å². The zero-order chi connectivity index (χ0) is 21.7. The van der Waals surface area contributed by atoms with Crippen molar-refractivity contribution in [2.45, 2.75) is 38.1 Å². The largest absolute Gasteiger partial charge is 0.363 e. The Hall–Kier alpha value is -3.81. The van der Waals surface area contributed by atoms with Crippen LogP contribution in [-0.2, 0) is 4.84 Å². The molecule has 0 bridgehead atoms. The predicted octanol–water partition coefficient (Wildman–Crippen LogP) is 2.98. The highest BCUT2D eigenvalue weighted by Gasteiger charge is 2.42. The van der Waals surface area contributed by atoms with Gasteiger partial charge in [-0.15, -0.1) is 0 Å². The molecule has 0 radical (unpaired) electrons. The Morgan fingerprint density at radius 3 is 1.97 bits per heavy atom. The summed E-state index contributed by atoms with van der Waals surface area (Å²) in [6.07, 6.45) is 4.58. The maximum atomic E-state index is 12.9. The van der Waals surface area contributed by atoms with E-state index in [-0.39, 0.29) is 39.8 Å². The molecule has 1 saturated carbocycles. The number of carbonyl (C=O) groups is 5. The topological polar surface area (TPSA) is 101 Å². The average molecular weight is 418 g/mol. The Bertz CT molecular complexity index is 1130. The lowest BCUT2D eigenvalue weighted by Gasteiger charge is -2.29. The van der Waals surface area contributed by atoms with Crippen LogP contribution in [0.15, 0.2) is 42.5 Å². The van der Waals surface area contributed by atoms with E-state index in [0.717, 1.165) is 32.1 Å². The van der Waals surface area contributed by atoms with Crippen LogP contribution in [0.5, 0.6) is 0 Å². The third kappa shape index (κ3) is 2.94. The molecule has 1 fully saturated rings. The molecule has 0 unspecified atom stereocenters. The summed E-state index contributed by atoms with van der Waals surface area (Å²) in [4.78, 5) is 69.5. The molecule has 3 aliphatic rings. The van der Waals surface area contributed by atoms with Crippen molar-refractivity contribution in [2.24, 2.45) is 0 Å². The van der Waals surface area contributed by atoms with Crippen molar-refractivity contribution in [3.8, 4) is 0 Å². The number of carbonyl (C=O) groups excluding carboxylic acids is 5. The molecule has 2 heterocycles. The highest BCUT2D eigenvalue weighted by Crippen LogP contribution is 2.32. The summed E-state index contributed by atoms with van der Waals surface area (Å²) in [6.45, 7) is 0. The second-order valence-electron chi connectivity index (χ2n) is 7.86. The van der Waals surface area contributed by atoms with Crippen LogP contribution in [-0.4, -0.2) is 45.6 Å². The summed E-state index contributed by atoms with van der Waals surface area (Å²) in [5.74, 6) is -3.21. The van der Waals surface area contributed by atoms with Gasteiger partial charge in [-0.2, -0.15) is 0 Å². The molecule has 2 aliphatic heterocycles. The molecule has 0 atom stereocenters. The lowest BCUT2D eigenvalue weighted by Crippen LogP contribution is -2.40. The van der Waals surface area contributed by atoms with E-state index in [1.54, 1.807) is 12.1 Å². The molecule has 0 spiro atoms. The highest BCUT2D eigenvalue weighted by atomic mass is 16.7. The van der Waals surface area contributed by atoms with Gasteiger partial charge in [0.05, 0.1) is 27.8 Å². The minimum Gasteiger partial charge on any atom is -0.324 e. The van der Waals surface area contributed by atoms with Crippen molar-refractivity contribution in [2.75, 3.05) is 0 Å². The fraction of sp³-hybridized carbons (Fsp3) is 0.261. The fourth-order valence-corrected chi connectivity index (χ4v) is 4.44. The maximum Gasteiger partial charge on any atom is 0.363 e. The van der Waals surface area contributed by atoms with Crippen LogP contribution >= 0.6 is 0 Å². The van der Waals surface area contributed by atoms with Crippen molar-refractivity contribution in [1.82, 2.24) is 9.96 Å². The Morgan fingerprint density at radius 2 is 1.32 bits per heavy atom. The minimum absolute atomic E-state index is 0.0260. The number of benzene rings is 2. The second kappa shape index (κ2) is 7.16. The number of hydroxylamine groups is 2. The lowest BCUT2D eigenvalue weighted by atomic mass is 9.94. The van der Waals surface area contributed by atoms with E-state index in [1.165, 1.54) is 35.2 Å². The van der Waals surface area contributed by atoms with Crippen LogP contribution in [0.3, 0.4) is 0 Å². The SMILES string of the molecule is O=C(ON1C(=O)c2ccccc2C1=O)c1ccc2c(c1)C(=O)N(C1CCCCC1)C2=O. The molecule has 1 aliphatic carbocycles. The van der Waals surface area contributed by atoms with Crippen molar-refractivity contribution in [3.05, 3.63) is 70.3 Å². The van der Waals surface area contributed by atoms with Gasteiger partial charge in [-0.25, -0.2) is 4.79 Å². The van der Waals surface area contributed by atoms with Gasteiger partial charge in [-0.1, -0.05) is 36.5 Å². The summed E-state index contributed by atoms with van der Waals surface area (Å²) in [7, 11) is 0. The first-order valence-electron chi connectivity index (χ1n) is 10.2. The standard InChI is InChI=1S/C23H18N2O6/c26-19-17-11-10-13(12-18(17)20(27)24(19)14-6-2-1-3-7-14)23(30)31-25-21(28)15-8-4-5-9-16(15)22(25)29/h4-5,8-12,14H,1-3,6-7H2. The molecular formula is C23H18N2O6. The first-order valence-corrected chi connectivity index (χ1v) is 10.2. The number of nitrogens with zero attached hydrogens (tertiary/aromatic N) is 2. The number of rotatable bonds is 3. The first-order chi connectivity index (χ1) is 15.0. The van der Waals surface area contributed by atoms with Crippen molar-refractivity contribution >= 4 is 29.6 Å². The molecule has 0 N–H and O–H groups in total. The Labute approximate surface area is 177 Å². The smallest absolute Gasteiger partial charge is 0.324 e. The van der Waals surface area contributed by atoms with Gasteiger partial charge in [-0.05, 0) is 43.2 Å². The zero-order valence-electron chi connectivity index (χ0n) is 16.5. The van der Waals surface area contributed by atoms with Crippen molar-refractivity contribution < 1.29 is 28.8 Å². The normalized spacial score (nSPS) is 18.5. The Balaban J connectivity index is 1.38. The van der Waals surface area contributed by atoms with Gasteiger partial charge < -0.3 is 4.84 Å². The van der Waals surface area contributed by atoms with Crippen LogP contribution in [0.2, 0.25) is 0 Å². The molecular weight excluding hydrogens is 400 g/mol. The molecule has 8 heteroatoms. The van der Waals surface area contributed by atoms with Crippen LogP contribution in [0.4, 0.5) is 0 Å². The summed E-state index contributed by atoms with van der Waals surface area (Å²) < 4.78 is 0. The monoisotopic (exact) mass is 418 g/mol. The Kier molecular flexibility index (Phi) is 4.43. The third-order valence-electron chi connectivity index (χ3n) is 6.02. The molecule has 8 nitrogen and oxygen atoms in total. The van der Waals surface area contributed by atoms with E-state index in [1.807, 2.05) is 0 Å². The van der Waals surface area contributed by atoms with E-state index in [9.17, 15) is 24.0 Å². The highest BCUT2D eigenvalue weighted by molar-refractivity contribution is 6.23. The molecule has 156 valence electrons. The van der Waals surface area contributed by atoms with Crippen molar-refractivity contribution in [1.29, 1.82) is 0 Å². The van der Waals surface area contributed by atoms with Crippen LogP contribution in [0.25, 0.3) is 0 Å². The minimum atomic E-state index is -0.964. The number of amides is 4. The molecule has 0 saturated heterocycles. The van der Waals surface area contributed by atoms with Gasteiger partial charge in [0, 0.05) is 6.04 Å². The summed E-state index contributed by atoms with van der Waals surface area (Å²) in [5.41, 5.74) is 0.651. The van der Waals surface area contributed by atoms with Gasteiger partial charge in [0.15, 0.2) is 0 Å². The predicted molar refractivity (Wildman–Crippen MR) is 106 cm³/mol. The Morgan fingerprint density at radius 1 is 0.742 bits per heavy atom. The molecule has 2 aromatic carbocycles. The van der Waals surface area contributed by atoms with E-state index < -0.39 is 23.7 Å². The molecule has 2 aromatic rings. The van der Waals surface area contributed by atoms with E-state index in [0.29, 0.717) is 5.06 Å². The van der Waals surface area contributed by atoms with Gasteiger partial charge in [-0.3, -0.25) is 24.1 Å². The first kappa shape index (κ1) is 19.2. The van der Waals surface area contributed by atoms with Gasteiger partial charge in [0.2, 0.25) is 0 Å². The second-order valence-corrected chi connectivity index (χ2v) is 7.86. The molecule has 31 heavy (non-hydrogen) atoms. The van der Waals surface area contributed by atoms with Gasteiger partial charge in [0.25, 0.3) is 23.6 Å². The fourth-order valence-electron chi connectivity index (χ4n) is 4.44. The summed E-state index contributed by atoms with van der Waals surface area (Å²) in [6, 6.07) is 10.1. The van der Waals surface area contributed by atoms with Crippen LogP contribution < -0.4 is 0 Å². The van der Waals surface area contributed by atoms with E-state index in [2.05, 4.69) is 0 Å². The maximum absolute atomic E-state index is 12.9. The zero-order valence-corrected chi connectivity index (χ0v) is 16.5. The third-order valence-corrected chi connectivity index (χ3v) is 6.02. The van der Waals surface area contributed by atoms with Gasteiger partial charge >= 0.3 is 5.97 Å².